The van der Waals surface area contributed by atoms with Gasteiger partial charge in [0.2, 0.25) is 0 Å². The predicted octanol–water partition coefficient (Wildman–Crippen LogP) is 3.11. The van der Waals surface area contributed by atoms with Crippen molar-refractivity contribution < 1.29 is 18.3 Å². The van der Waals surface area contributed by atoms with Gasteiger partial charge in [0.25, 0.3) is 5.91 Å². The van der Waals surface area contributed by atoms with E-state index >= 15 is 0 Å². The van der Waals surface area contributed by atoms with Crippen molar-refractivity contribution in [1.29, 1.82) is 0 Å². The Labute approximate surface area is 151 Å². The summed E-state index contributed by atoms with van der Waals surface area (Å²) in [5.74, 6) is -1.49. The summed E-state index contributed by atoms with van der Waals surface area (Å²) in [6.07, 6.45) is 0.856. The fourth-order valence-electron chi connectivity index (χ4n) is 3.29. The van der Waals surface area contributed by atoms with E-state index in [1.807, 2.05) is 38.1 Å². The van der Waals surface area contributed by atoms with Crippen LogP contribution in [-0.4, -0.2) is 48.1 Å². The van der Waals surface area contributed by atoms with Gasteiger partial charge in [-0.2, -0.15) is 0 Å². The van der Waals surface area contributed by atoms with Crippen LogP contribution in [0.1, 0.15) is 24.3 Å². The van der Waals surface area contributed by atoms with Crippen molar-refractivity contribution in [3.05, 3.63) is 53.9 Å². The second-order valence-electron chi connectivity index (χ2n) is 6.87. The fraction of sp³-hybridized carbons (Fsp3) is 0.368. The van der Waals surface area contributed by atoms with Crippen molar-refractivity contribution >= 4 is 11.6 Å². The van der Waals surface area contributed by atoms with Gasteiger partial charge in [-0.3, -0.25) is 4.79 Å². The molecule has 0 bridgehead atoms. The molecule has 0 unspecified atom stereocenters. The Balaban J connectivity index is 1.78. The maximum atomic E-state index is 13.9. The number of aromatic nitrogens is 1. The number of nitrogens with zero attached hydrogens (tertiary/aromatic N) is 3. The van der Waals surface area contributed by atoms with Crippen molar-refractivity contribution in [3.8, 4) is 5.75 Å². The number of carbonyl (C=O) groups is 1. The summed E-state index contributed by atoms with van der Waals surface area (Å²) >= 11 is 0. The van der Waals surface area contributed by atoms with Crippen LogP contribution in [0.4, 0.5) is 14.5 Å². The Morgan fingerprint density at radius 1 is 1.19 bits per heavy atom. The molecule has 7 heteroatoms. The lowest BCUT2D eigenvalue weighted by atomic mass is 9.97. The molecule has 1 fully saturated rings. The number of methoxy groups -OCH3 is 1. The molecule has 0 radical (unpaired) electrons. The maximum Gasteiger partial charge on any atom is 0.275 e. The van der Waals surface area contributed by atoms with Crippen LogP contribution in [0.2, 0.25) is 0 Å². The van der Waals surface area contributed by atoms with Crippen LogP contribution in [0.15, 0.2) is 36.5 Å². The molecule has 1 aromatic carbocycles. The van der Waals surface area contributed by atoms with Gasteiger partial charge in [-0.05, 0) is 38.1 Å². The summed E-state index contributed by atoms with van der Waals surface area (Å²) in [6.45, 7) is 5.45. The maximum absolute atomic E-state index is 13.9. The van der Waals surface area contributed by atoms with E-state index in [1.165, 1.54) is 0 Å². The Hall–Kier alpha value is -2.70. The lowest BCUT2D eigenvalue weighted by Gasteiger charge is -2.48. The zero-order valence-corrected chi connectivity index (χ0v) is 15.0. The minimum atomic E-state index is -0.939. The first-order valence-electron chi connectivity index (χ1n) is 8.34. The van der Waals surface area contributed by atoms with E-state index in [4.69, 9.17) is 4.74 Å². The molecule has 1 aliphatic heterocycles. The minimum Gasteiger partial charge on any atom is -0.497 e. The average molecular weight is 361 g/mol. The van der Waals surface area contributed by atoms with Crippen LogP contribution in [0.25, 0.3) is 0 Å². The molecule has 26 heavy (non-hydrogen) atoms. The number of pyridine rings is 1. The second kappa shape index (κ2) is 6.90. The molecule has 3 rings (SSSR count). The number of piperazine rings is 1. The largest absolute Gasteiger partial charge is 0.497 e. The first-order chi connectivity index (χ1) is 12.3. The van der Waals surface area contributed by atoms with Gasteiger partial charge in [0.1, 0.15) is 11.6 Å². The molecule has 0 saturated carbocycles. The minimum absolute atomic E-state index is 0.347. The van der Waals surface area contributed by atoms with E-state index in [0.29, 0.717) is 25.7 Å². The van der Waals surface area contributed by atoms with Crippen molar-refractivity contribution in [2.24, 2.45) is 0 Å². The molecule has 0 N–H and O–H groups in total. The van der Waals surface area contributed by atoms with E-state index in [9.17, 15) is 13.6 Å². The number of anilines is 1. The summed E-state index contributed by atoms with van der Waals surface area (Å²) in [5, 5.41) is 0. The Bertz CT molecular complexity index is 809. The topological polar surface area (TPSA) is 45.7 Å². The second-order valence-corrected chi connectivity index (χ2v) is 6.87. The highest BCUT2D eigenvalue weighted by molar-refractivity contribution is 5.92. The lowest BCUT2D eigenvalue weighted by molar-refractivity contribution is 0.0674. The molecule has 5 nitrogen and oxygen atoms in total. The summed E-state index contributed by atoms with van der Waals surface area (Å²) in [6, 6.07) is 8.40. The molecule has 2 heterocycles. The summed E-state index contributed by atoms with van der Waals surface area (Å²) in [7, 11) is 1.62. The Morgan fingerprint density at radius 3 is 2.46 bits per heavy atom. The standard InChI is InChI=1S/C19H21F2N3O2/c1-19(2)12-23(18(25)17-16(21)10-13(20)11-22-17)8-9-24(19)14-4-6-15(26-3)7-5-14/h4-7,10-11H,8-9,12H2,1-3H3. The Morgan fingerprint density at radius 2 is 1.88 bits per heavy atom. The third-order valence-electron chi connectivity index (χ3n) is 4.58. The van der Waals surface area contributed by atoms with E-state index in [0.717, 1.165) is 17.6 Å². The van der Waals surface area contributed by atoms with Crippen LogP contribution in [0.5, 0.6) is 5.75 Å². The predicted molar refractivity (Wildman–Crippen MR) is 94.5 cm³/mol. The fourth-order valence-corrected chi connectivity index (χ4v) is 3.29. The number of halogens is 2. The van der Waals surface area contributed by atoms with Gasteiger partial charge in [-0.25, -0.2) is 13.8 Å². The molecular formula is C19H21F2N3O2. The normalized spacial score (nSPS) is 16.5. The third kappa shape index (κ3) is 3.47. The quantitative estimate of drug-likeness (QED) is 0.843. The van der Waals surface area contributed by atoms with Crippen LogP contribution in [0.3, 0.4) is 0 Å². The van der Waals surface area contributed by atoms with Crippen molar-refractivity contribution in [1.82, 2.24) is 9.88 Å². The molecule has 2 aromatic rings. The van der Waals surface area contributed by atoms with E-state index < -0.39 is 17.5 Å². The SMILES string of the molecule is COc1ccc(N2CCN(C(=O)c3ncc(F)cc3F)CC2(C)C)cc1. The van der Waals surface area contributed by atoms with E-state index in [1.54, 1.807) is 12.0 Å². The Kier molecular flexibility index (Phi) is 4.80. The monoisotopic (exact) mass is 361 g/mol. The van der Waals surface area contributed by atoms with Gasteiger partial charge >= 0.3 is 0 Å². The number of ether oxygens (including phenoxy) is 1. The molecule has 0 atom stereocenters. The average Bonchev–Trinajstić information content (AvgIpc) is 2.60. The first kappa shape index (κ1) is 18.1. The number of amides is 1. The molecule has 138 valence electrons. The molecule has 0 spiro atoms. The third-order valence-corrected chi connectivity index (χ3v) is 4.58. The number of benzene rings is 1. The van der Waals surface area contributed by atoms with Crippen LogP contribution in [0, 0.1) is 11.6 Å². The van der Waals surface area contributed by atoms with Gasteiger partial charge in [0, 0.05) is 31.4 Å². The number of hydrogen-bond acceptors (Lipinski definition) is 4. The smallest absolute Gasteiger partial charge is 0.275 e. The summed E-state index contributed by atoms with van der Waals surface area (Å²) in [4.78, 5) is 20.0. The van der Waals surface area contributed by atoms with Gasteiger partial charge in [-0.1, -0.05) is 0 Å². The first-order valence-corrected chi connectivity index (χ1v) is 8.34. The molecule has 1 aliphatic rings. The molecular weight excluding hydrogens is 340 g/mol. The van der Waals surface area contributed by atoms with Crippen molar-refractivity contribution in [2.45, 2.75) is 19.4 Å². The van der Waals surface area contributed by atoms with Crippen LogP contribution in [-0.2, 0) is 0 Å². The van der Waals surface area contributed by atoms with Crippen molar-refractivity contribution in [3.63, 3.8) is 0 Å². The van der Waals surface area contributed by atoms with Gasteiger partial charge in [0.05, 0.1) is 18.8 Å². The molecule has 0 aliphatic carbocycles. The van der Waals surface area contributed by atoms with E-state index in [-0.39, 0.29) is 11.2 Å². The number of rotatable bonds is 3. The van der Waals surface area contributed by atoms with Gasteiger partial charge < -0.3 is 14.5 Å². The zero-order chi connectivity index (χ0) is 18.9. The number of carbonyl (C=O) groups excluding carboxylic acids is 1. The van der Waals surface area contributed by atoms with E-state index in [2.05, 4.69) is 9.88 Å². The van der Waals surface area contributed by atoms with Gasteiger partial charge in [0.15, 0.2) is 11.5 Å². The number of hydrogen-bond donors (Lipinski definition) is 0. The highest BCUT2D eigenvalue weighted by Crippen LogP contribution is 2.30. The van der Waals surface area contributed by atoms with Gasteiger partial charge in [-0.15, -0.1) is 0 Å². The zero-order valence-electron chi connectivity index (χ0n) is 15.0. The highest BCUT2D eigenvalue weighted by atomic mass is 19.1. The molecule has 1 amide bonds. The van der Waals surface area contributed by atoms with Crippen molar-refractivity contribution in [2.75, 3.05) is 31.6 Å². The highest BCUT2D eigenvalue weighted by Gasteiger charge is 2.37. The molecule has 1 saturated heterocycles. The van der Waals surface area contributed by atoms with Crippen LogP contribution < -0.4 is 9.64 Å². The lowest BCUT2D eigenvalue weighted by Crippen LogP contribution is -2.60. The van der Waals surface area contributed by atoms with Crippen LogP contribution >= 0.6 is 0 Å². The summed E-state index contributed by atoms with van der Waals surface area (Å²) < 4.78 is 32.1. The summed E-state index contributed by atoms with van der Waals surface area (Å²) in [5.41, 5.74) is 0.313. The molecule has 1 aromatic heterocycles.